The molecule has 2 saturated carbocycles. The summed E-state index contributed by atoms with van der Waals surface area (Å²) in [6.45, 7) is 2.54. The Bertz CT molecular complexity index is 822. The zero-order valence-electron chi connectivity index (χ0n) is 14.6. The third-order valence-corrected chi connectivity index (χ3v) is 6.36. The van der Waals surface area contributed by atoms with Crippen LogP contribution >= 0.6 is 0 Å². The first-order chi connectivity index (χ1) is 12.2. The van der Waals surface area contributed by atoms with E-state index in [9.17, 15) is 4.79 Å². The molecule has 25 heavy (non-hydrogen) atoms. The second kappa shape index (κ2) is 5.17. The van der Waals surface area contributed by atoms with E-state index < -0.39 is 0 Å². The van der Waals surface area contributed by atoms with Gasteiger partial charge in [-0.25, -0.2) is 9.97 Å². The Hall–Kier alpha value is -2.15. The maximum absolute atomic E-state index is 13.2. The molecule has 3 aliphatic rings. The monoisotopic (exact) mass is 340 g/mol. The summed E-state index contributed by atoms with van der Waals surface area (Å²) in [4.78, 5) is 29.6. The normalized spacial score (nSPS) is 23.7. The lowest BCUT2D eigenvalue weighted by molar-refractivity contribution is -0.137. The first-order valence-corrected chi connectivity index (χ1v) is 9.22. The summed E-state index contributed by atoms with van der Waals surface area (Å²) in [6.07, 6.45) is 8.75. The molecule has 0 atom stereocenters. The van der Waals surface area contributed by atoms with Crippen molar-refractivity contribution in [3.63, 3.8) is 0 Å². The molecule has 1 aliphatic heterocycles. The predicted octanol–water partition coefficient (Wildman–Crippen LogP) is 1.28. The molecule has 1 amide bonds. The van der Waals surface area contributed by atoms with E-state index in [2.05, 4.69) is 30.1 Å². The molecule has 0 aromatic carbocycles. The number of hydrogen-bond donors (Lipinski definition) is 2. The van der Waals surface area contributed by atoms with Crippen molar-refractivity contribution in [2.45, 2.75) is 43.2 Å². The maximum atomic E-state index is 13.2. The summed E-state index contributed by atoms with van der Waals surface area (Å²) >= 11 is 0. The van der Waals surface area contributed by atoms with Crippen molar-refractivity contribution in [1.29, 1.82) is 0 Å². The van der Waals surface area contributed by atoms with Crippen molar-refractivity contribution in [3.05, 3.63) is 18.6 Å². The first kappa shape index (κ1) is 15.1. The molecule has 1 spiro atoms. The highest BCUT2D eigenvalue weighted by atomic mass is 16.2. The summed E-state index contributed by atoms with van der Waals surface area (Å²) in [7, 11) is 1.91. The summed E-state index contributed by atoms with van der Waals surface area (Å²) < 4.78 is 0. The molecule has 2 N–H and O–H groups in total. The van der Waals surface area contributed by atoms with Gasteiger partial charge in [0.25, 0.3) is 0 Å². The number of H-pyrrole nitrogens is 1. The summed E-state index contributed by atoms with van der Waals surface area (Å²) in [5.41, 5.74) is 0.673. The molecule has 0 unspecified atom stereocenters. The lowest BCUT2D eigenvalue weighted by Crippen LogP contribution is -2.53. The van der Waals surface area contributed by atoms with Crippen molar-refractivity contribution >= 4 is 22.8 Å². The second-order valence-corrected chi connectivity index (χ2v) is 7.69. The minimum atomic E-state index is -0.284. The largest absolute Gasteiger partial charge is 0.354 e. The molecule has 3 fully saturated rings. The van der Waals surface area contributed by atoms with E-state index in [4.69, 9.17) is 0 Å². The minimum Gasteiger partial charge on any atom is -0.354 e. The molecule has 2 aromatic rings. The van der Waals surface area contributed by atoms with Gasteiger partial charge in [-0.1, -0.05) is 0 Å². The van der Waals surface area contributed by atoms with Crippen molar-refractivity contribution in [1.82, 2.24) is 25.2 Å². The van der Waals surface area contributed by atoms with E-state index in [1.165, 1.54) is 0 Å². The van der Waals surface area contributed by atoms with Crippen LogP contribution in [0.25, 0.3) is 11.0 Å². The average Bonchev–Trinajstić information content (AvgIpc) is 3.55. The Morgan fingerprint density at radius 3 is 2.72 bits per heavy atom. The Morgan fingerprint density at radius 1 is 1.16 bits per heavy atom. The second-order valence-electron chi connectivity index (χ2n) is 7.69. The number of aromatic nitrogens is 3. The summed E-state index contributed by atoms with van der Waals surface area (Å²) in [5.74, 6) is 1.29. The Labute approximate surface area is 146 Å². The van der Waals surface area contributed by atoms with Crippen molar-refractivity contribution in [2.24, 2.45) is 0 Å². The van der Waals surface area contributed by atoms with Crippen LogP contribution < -0.4 is 10.2 Å². The molecule has 132 valence electrons. The highest BCUT2D eigenvalue weighted by Crippen LogP contribution is 2.49. The summed E-state index contributed by atoms with van der Waals surface area (Å²) in [6, 6.07) is 2.03. The topological polar surface area (TPSA) is 77.2 Å². The number of anilines is 1. The van der Waals surface area contributed by atoms with Crippen LogP contribution in [-0.2, 0) is 4.79 Å². The molecule has 7 nitrogen and oxygen atoms in total. The van der Waals surface area contributed by atoms with Gasteiger partial charge in [-0.2, -0.15) is 0 Å². The first-order valence-electron chi connectivity index (χ1n) is 9.22. The van der Waals surface area contributed by atoms with Gasteiger partial charge < -0.3 is 20.1 Å². The fourth-order valence-corrected chi connectivity index (χ4v) is 4.31. The molecular formula is C18H24N6O. The number of carbonyl (C=O) groups excluding carboxylic acids is 1. The van der Waals surface area contributed by atoms with Gasteiger partial charge in [0.2, 0.25) is 5.91 Å². The average molecular weight is 340 g/mol. The van der Waals surface area contributed by atoms with Crippen LogP contribution in [0.1, 0.15) is 32.1 Å². The third kappa shape index (κ3) is 2.25. The van der Waals surface area contributed by atoms with E-state index in [0.717, 1.165) is 68.6 Å². The highest BCUT2D eigenvalue weighted by molar-refractivity contribution is 5.91. The van der Waals surface area contributed by atoms with Gasteiger partial charge in [-0.05, 0) is 45.2 Å². The zero-order valence-corrected chi connectivity index (χ0v) is 14.6. The molecule has 0 bridgehead atoms. The van der Waals surface area contributed by atoms with Crippen LogP contribution in [0, 0.1) is 0 Å². The molecule has 7 heteroatoms. The standard InChI is InChI=1S/C18H24N6O/c1-19-18(5-6-18)16(25)24-11-10-23(9-7-17(24)3-4-17)15-13-2-8-20-14(13)21-12-22-15/h2,8,12,19H,3-7,9-11H2,1H3,(H,20,21,22). The van der Waals surface area contributed by atoms with Gasteiger partial charge in [0, 0.05) is 31.4 Å². The van der Waals surface area contributed by atoms with Gasteiger partial charge in [0.05, 0.1) is 10.9 Å². The lowest BCUT2D eigenvalue weighted by Gasteiger charge is -2.33. The Kier molecular flexibility index (Phi) is 3.13. The van der Waals surface area contributed by atoms with Gasteiger partial charge in [-0.15, -0.1) is 0 Å². The zero-order chi connectivity index (χ0) is 17.1. The third-order valence-electron chi connectivity index (χ3n) is 6.36. The number of nitrogens with zero attached hydrogens (tertiary/aromatic N) is 4. The highest BCUT2D eigenvalue weighted by Gasteiger charge is 2.58. The molecule has 2 aromatic heterocycles. The fraction of sp³-hybridized carbons (Fsp3) is 0.611. The minimum absolute atomic E-state index is 0.0859. The Morgan fingerprint density at radius 2 is 2.00 bits per heavy atom. The van der Waals surface area contributed by atoms with Crippen LogP contribution in [-0.4, -0.2) is 63.5 Å². The van der Waals surface area contributed by atoms with E-state index in [1.807, 2.05) is 19.3 Å². The van der Waals surface area contributed by atoms with Crippen LogP contribution in [0.5, 0.6) is 0 Å². The maximum Gasteiger partial charge on any atom is 0.243 e. The smallest absolute Gasteiger partial charge is 0.243 e. The quantitative estimate of drug-likeness (QED) is 0.880. The molecule has 3 heterocycles. The molecular weight excluding hydrogens is 316 g/mol. The van der Waals surface area contributed by atoms with Crippen molar-refractivity contribution in [2.75, 3.05) is 31.6 Å². The van der Waals surface area contributed by atoms with E-state index in [0.29, 0.717) is 5.91 Å². The number of fused-ring (bicyclic) bond motifs is 1. The molecule has 5 rings (SSSR count). The SMILES string of the molecule is CNC1(C(=O)N2CCN(c3ncnc4[nH]ccc34)CCC23CC3)CC1. The van der Waals surface area contributed by atoms with Gasteiger partial charge >= 0.3 is 0 Å². The van der Waals surface area contributed by atoms with E-state index in [-0.39, 0.29) is 11.1 Å². The predicted molar refractivity (Wildman–Crippen MR) is 95.4 cm³/mol. The van der Waals surface area contributed by atoms with E-state index >= 15 is 0 Å². The van der Waals surface area contributed by atoms with Crippen LogP contribution in [0.2, 0.25) is 0 Å². The summed E-state index contributed by atoms with van der Waals surface area (Å²) in [5, 5.41) is 4.33. The Balaban J connectivity index is 1.43. The van der Waals surface area contributed by atoms with Crippen LogP contribution in [0.4, 0.5) is 5.82 Å². The van der Waals surface area contributed by atoms with Gasteiger partial charge in [0.15, 0.2) is 0 Å². The van der Waals surface area contributed by atoms with Gasteiger partial charge in [0.1, 0.15) is 17.8 Å². The van der Waals surface area contributed by atoms with Crippen LogP contribution in [0.3, 0.4) is 0 Å². The van der Waals surface area contributed by atoms with Crippen molar-refractivity contribution in [3.8, 4) is 0 Å². The molecule has 2 aliphatic carbocycles. The number of aromatic amines is 1. The number of amides is 1. The number of likely N-dealkylation sites (N-methyl/N-ethyl adjacent to an activating group) is 1. The molecule has 0 radical (unpaired) electrons. The van der Waals surface area contributed by atoms with Crippen LogP contribution in [0.15, 0.2) is 18.6 Å². The lowest BCUT2D eigenvalue weighted by atomic mass is 10.1. The number of rotatable bonds is 3. The van der Waals surface area contributed by atoms with E-state index in [1.54, 1.807) is 6.33 Å². The van der Waals surface area contributed by atoms with Gasteiger partial charge in [-0.3, -0.25) is 4.79 Å². The number of hydrogen-bond acceptors (Lipinski definition) is 5. The number of nitrogens with one attached hydrogen (secondary N) is 2. The fourth-order valence-electron chi connectivity index (χ4n) is 4.31. The molecule has 1 saturated heterocycles. The van der Waals surface area contributed by atoms with Crippen molar-refractivity contribution < 1.29 is 4.79 Å². The number of carbonyl (C=O) groups is 1.